The number of hydrogen-bond donors (Lipinski definition) is 2. The molecular formula is C22H22N3O+. The van der Waals surface area contributed by atoms with E-state index in [1.54, 1.807) is 0 Å². The maximum atomic E-state index is 10.7. The van der Waals surface area contributed by atoms with Gasteiger partial charge >= 0.3 is 5.95 Å². The number of nitrogen functional groups attached to an aromatic ring is 1. The average Bonchev–Trinajstić information content (AvgIpc) is 2.95. The van der Waals surface area contributed by atoms with Gasteiger partial charge in [0.2, 0.25) is 0 Å². The highest BCUT2D eigenvalue weighted by Gasteiger charge is 2.23. The van der Waals surface area contributed by atoms with E-state index in [0.29, 0.717) is 19.0 Å². The van der Waals surface area contributed by atoms with Crippen LogP contribution in [0.3, 0.4) is 0 Å². The third-order valence-corrected chi connectivity index (χ3v) is 4.74. The molecule has 0 aliphatic rings. The van der Waals surface area contributed by atoms with Gasteiger partial charge in [-0.1, -0.05) is 72.8 Å². The Balaban J connectivity index is 1.74. The van der Waals surface area contributed by atoms with E-state index in [9.17, 15) is 5.11 Å². The van der Waals surface area contributed by atoms with E-state index in [-0.39, 0.29) is 0 Å². The normalized spacial score (nSPS) is 12.3. The Hall–Kier alpha value is -3.11. The van der Waals surface area contributed by atoms with Crippen LogP contribution in [0.1, 0.15) is 17.2 Å². The molecule has 0 amide bonds. The van der Waals surface area contributed by atoms with E-state index < -0.39 is 6.10 Å². The van der Waals surface area contributed by atoms with Crippen molar-refractivity contribution < 1.29 is 9.67 Å². The molecule has 3 aromatic carbocycles. The van der Waals surface area contributed by atoms with Crippen LogP contribution < -0.4 is 10.3 Å². The van der Waals surface area contributed by atoms with Gasteiger partial charge in [-0.2, -0.15) is 0 Å². The van der Waals surface area contributed by atoms with Crippen LogP contribution in [0.25, 0.3) is 11.0 Å². The Morgan fingerprint density at radius 2 is 1.46 bits per heavy atom. The molecule has 1 unspecified atom stereocenters. The summed E-state index contributed by atoms with van der Waals surface area (Å²) >= 11 is 0. The lowest BCUT2D eigenvalue weighted by Gasteiger charge is -2.10. The number of anilines is 1. The summed E-state index contributed by atoms with van der Waals surface area (Å²) in [5.41, 5.74) is 10.7. The monoisotopic (exact) mass is 344 g/mol. The number of hydrogen-bond acceptors (Lipinski definition) is 2. The summed E-state index contributed by atoms with van der Waals surface area (Å²) in [6.45, 7) is 1.11. The predicted molar refractivity (Wildman–Crippen MR) is 103 cm³/mol. The van der Waals surface area contributed by atoms with Gasteiger partial charge in [0.25, 0.3) is 0 Å². The van der Waals surface area contributed by atoms with Crippen LogP contribution in [-0.4, -0.2) is 9.67 Å². The standard InChI is InChI=1S/C22H21N3O/c23-22-24(15-17-9-3-1-4-10-17)19-13-7-8-14-20(19)25(22)16-21(26)18-11-5-2-6-12-18/h1-14,21,23,26H,15-16H2/p+1. The molecule has 4 rings (SSSR count). The van der Waals surface area contributed by atoms with Crippen molar-refractivity contribution >= 4 is 17.0 Å². The zero-order chi connectivity index (χ0) is 17.9. The first-order chi connectivity index (χ1) is 12.7. The summed E-state index contributed by atoms with van der Waals surface area (Å²) in [6, 6.07) is 28.1. The topological polar surface area (TPSA) is 55.1 Å². The molecule has 26 heavy (non-hydrogen) atoms. The minimum Gasteiger partial charge on any atom is -0.385 e. The molecule has 4 aromatic rings. The van der Waals surface area contributed by atoms with Gasteiger partial charge in [0.15, 0.2) is 0 Å². The van der Waals surface area contributed by atoms with Crippen LogP contribution in [0, 0.1) is 0 Å². The molecule has 4 nitrogen and oxygen atoms in total. The molecule has 3 N–H and O–H groups in total. The number of fused-ring (bicyclic) bond motifs is 1. The highest BCUT2D eigenvalue weighted by Crippen LogP contribution is 2.22. The number of nitrogens with zero attached hydrogens (tertiary/aromatic N) is 2. The zero-order valence-electron chi connectivity index (χ0n) is 14.5. The maximum Gasteiger partial charge on any atom is 0.356 e. The largest absolute Gasteiger partial charge is 0.385 e. The number of aromatic nitrogens is 2. The smallest absolute Gasteiger partial charge is 0.356 e. The zero-order valence-corrected chi connectivity index (χ0v) is 14.5. The Labute approximate surface area is 152 Å². The van der Waals surface area contributed by atoms with Gasteiger partial charge in [-0.3, -0.25) is 5.73 Å². The third-order valence-electron chi connectivity index (χ3n) is 4.74. The summed E-state index contributed by atoms with van der Waals surface area (Å²) in [5.74, 6) is 0.644. The molecule has 0 saturated heterocycles. The van der Waals surface area contributed by atoms with Gasteiger partial charge < -0.3 is 5.11 Å². The lowest BCUT2D eigenvalue weighted by atomic mass is 10.1. The minimum absolute atomic E-state index is 0.415. The van der Waals surface area contributed by atoms with Gasteiger partial charge in [-0.15, -0.1) is 0 Å². The second-order valence-corrected chi connectivity index (χ2v) is 6.46. The molecule has 0 aliphatic carbocycles. The molecule has 4 heteroatoms. The number of para-hydroxylation sites is 2. The SMILES string of the molecule is Nc1n(CC(O)c2ccccc2)c2ccccc2[n+]1Cc1ccccc1. The second-order valence-electron chi connectivity index (χ2n) is 6.46. The van der Waals surface area contributed by atoms with E-state index in [1.807, 2.05) is 71.3 Å². The Kier molecular flexibility index (Phi) is 4.42. The number of rotatable bonds is 5. The number of imidazole rings is 1. The third kappa shape index (κ3) is 3.07. The van der Waals surface area contributed by atoms with Gasteiger partial charge in [-0.25, -0.2) is 9.13 Å². The molecular weight excluding hydrogens is 322 g/mol. The lowest BCUT2D eigenvalue weighted by molar-refractivity contribution is -0.648. The van der Waals surface area contributed by atoms with E-state index in [1.165, 1.54) is 5.56 Å². The van der Waals surface area contributed by atoms with Gasteiger partial charge in [0, 0.05) is 0 Å². The molecule has 0 fully saturated rings. The predicted octanol–water partition coefficient (Wildman–Crippen LogP) is 3.29. The van der Waals surface area contributed by atoms with Crippen LogP contribution in [-0.2, 0) is 13.1 Å². The molecule has 130 valence electrons. The van der Waals surface area contributed by atoms with Crippen LogP contribution in [0.15, 0.2) is 84.9 Å². The molecule has 1 heterocycles. The van der Waals surface area contributed by atoms with Crippen molar-refractivity contribution in [2.45, 2.75) is 19.2 Å². The fraction of sp³-hybridized carbons (Fsp3) is 0.136. The summed E-state index contributed by atoms with van der Waals surface area (Å²) < 4.78 is 4.10. The Bertz CT molecular complexity index is 1010. The first-order valence-electron chi connectivity index (χ1n) is 8.77. The highest BCUT2D eigenvalue weighted by molar-refractivity contribution is 5.74. The van der Waals surface area contributed by atoms with Crippen molar-refractivity contribution in [2.75, 3.05) is 5.73 Å². The molecule has 0 radical (unpaired) electrons. The Morgan fingerprint density at radius 3 is 2.19 bits per heavy atom. The van der Waals surface area contributed by atoms with Gasteiger partial charge in [0.05, 0.1) is 6.54 Å². The number of nitrogens with two attached hydrogens (primary N) is 1. The first-order valence-corrected chi connectivity index (χ1v) is 8.77. The average molecular weight is 344 g/mol. The summed E-state index contributed by atoms with van der Waals surface area (Å²) in [6.07, 6.45) is -0.612. The second kappa shape index (κ2) is 7.02. The van der Waals surface area contributed by atoms with Gasteiger partial charge in [0.1, 0.15) is 23.7 Å². The molecule has 0 spiro atoms. The van der Waals surface area contributed by atoms with Crippen molar-refractivity contribution in [1.29, 1.82) is 0 Å². The molecule has 1 aromatic heterocycles. The van der Waals surface area contributed by atoms with Crippen molar-refractivity contribution in [3.63, 3.8) is 0 Å². The molecule has 0 saturated carbocycles. The summed E-state index contributed by atoms with van der Waals surface area (Å²) in [4.78, 5) is 0. The quantitative estimate of drug-likeness (QED) is 0.546. The fourth-order valence-electron chi connectivity index (χ4n) is 3.39. The van der Waals surface area contributed by atoms with Crippen LogP contribution >= 0.6 is 0 Å². The van der Waals surface area contributed by atoms with Gasteiger partial charge in [-0.05, 0) is 23.3 Å². The summed E-state index contributed by atoms with van der Waals surface area (Å²) in [7, 11) is 0. The van der Waals surface area contributed by atoms with Crippen molar-refractivity contribution in [3.05, 3.63) is 96.1 Å². The van der Waals surface area contributed by atoms with Crippen LogP contribution in [0.4, 0.5) is 5.95 Å². The van der Waals surface area contributed by atoms with Crippen molar-refractivity contribution in [2.24, 2.45) is 0 Å². The summed E-state index contributed by atoms with van der Waals surface area (Å²) in [5, 5.41) is 10.7. The van der Waals surface area contributed by atoms with E-state index in [2.05, 4.69) is 22.8 Å². The first kappa shape index (κ1) is 16.4. The van der Waals surface area contributed by atoms with E-state index >= 15 is 0 Å². The minimum atomic E-state index is -0.612. The van der Waals surface area contributed by atoms with Crippen LogP contribution in [0.5, 0.6) is 0 Å². The van der Waals surface area contributed by atoms with E-state index in [4.69, 9.17) is 5.73 Å². The molecule has 0 bridgehead atoms. The lowest BCUT2D eigenvalue weighted by Crippen LogP contribution is -2.37. The molecule has 1 atom stereocenters. The number of aliphatic hydroxyl groups is 1. The van der Waals surface area contributed by atoms with Crippen molar-refractivity contribution in [1.82, 2.24) is 4.57 Å². The fourth-order valence-corrected chi connectivity index (χ4v) is 3.39. The van der Waals surface area contributed by atoms with Crippen molar-refractivity contribution in [3.8, 4) is 0 Å². The number of aliphatic hydroxyl groups excluding tert-OH is 1. The highest BCUT2D eigenvalue weighted by atomic mass is 16.3. The number of benzene rings is 3. The molecule has 0 aliphatic heterocycles. The van der Waals surface area contributed by atoms with E-state index in [0.717, 1.165) is 16.6 Å². The van der Waals surface area contributed by atoms with Crippen LogP contribution in [0.2, 0.25) is 0 Å². The maximum absolute atomic E-state index is 10.7. The Morgan fingerprint density at radius 1 is 0.846 bits per heavy atom.